The van der Waals surface area contributed by atoms with E-state index in [-0.39, 0.29) is 24.0 Å². The molecule has 1 fully saturated rings. The fourth-order valence-electron chi connectivity index (χ4n) is 4.31. The Bertz CT molecular complexity index is 851. The number of thiazole rings is 1. The third kappa shape index (κ3) is 6.54. The van der Waals surface area contributed by atoms with Gasteiger partial charge in [0.05, 0.1) is 23.6 Å². The number of ether oxygens (including phenoxy) is 1. The predicted molar refractivity (Wildman–Crippen MR) is 125 cm³/mol. The molecule has 2 aliphatic carbocycles. The average molecular weight is 482 g/mol. The fraction of sp³-hybridized carbons (Fsp3) is 0.682. The highest BCUT2D eigenvalue weighted by Gasteiger charge is 2.35. The van der Waals surface area contributed by atoms with Crippen molar-refractivity contribution in [3.63, 3.8) is 0 Å². The zero-order valence-electron chi connectivity index (χ0n) is 18.6. The molecular weight excluding hydrogens is 450 g/mol. The molecule has 0 unspecified atom stereocenters. The molecule has 0 saturated heterocycles. The lowest BCUT2D eigenvalue weighted by molar-refractivity contribution is -0.145. The third-order valence-corrected chi connectivity index (χ3v) is 7.75. The van der Waals surface area contributed by atoms with Crippen LogP contribution in [0.1, 0.15) is 66.7 Å². The summed E-state index contributed by atoms with van der Waals surface area (Å²) in [5.74, 6) is -0.548. The first kappa shape index (κ1) is 24.7. The fourth-order valence-corrected chi connectivity index (χ4v) is 5.74. The van der Waals surface area contributed by atoms with E-state index in [1.165, 1.54) is 37.7 Å². The number of nitrogens with one attached hydrogen (secondary N) is 2. The van der Waals surface area contributed by atoms with Crippen molar-refractivity contribution in [1.82, 2.24) is 10.3 Å². The van der Waals surface area contributed by atoms with Gasteiger partial charge < -0.3 is 15.4 Å². The minimum atomic E-state index is -0.735. The molecule has 10 heteroatoms. The molecule has 1 aromatic rings. The Hall–Kier alpha value is -1.94. The number of carbonyl (C=O) groups excluding carboxylic acids is 4. The Balaban J connectivity index is 1.60. The third-order valence-electron chi connectivity index (χ3n) is 6.05. The van der Waals surface area contributed by atoms with E-state index < -0.39 is 17.9 Å². The zero-order valence-corrected chi connectivity index (χ0v) is 20.2. The maximum Gasteiger partial charge on any atom is 0.328 e. The molecule has 2 amide bonds. The summed E-state index contributed by atoms with van der Waals surface area (Å²) in [7, 11) is 1.29. The summed E-state index contributed by atoms with van der Waals surface area (Å²) in [6.45, 7) is 0. The predicted octanol–water partition coefficient (Wildman–Crippen LogP) is 3.21. The van der Waals surface area contributed by atoms with Crippen LogP contribution in [0.2, 0.25) is 0 Å². The number of esters is 1. The lowest BCUT2D eigenvalue weighted by Crippen LogP contribution is -2.46. The molecule has 3 rings (SSSR count). The number of anilines is 1. The molecule has 0 aliphatic heterocycles. The maximum absolute atomic E-state index is 12.8. The van der Waals surface area contributed by atoms with Gasteiger partial charge in [-0.05, 0) is 37.2 Å². The lowest BCUT2D eigenvalue weighted by Gasteiger charge is -2.22. The molecule has 2 N–H and O–H groups in total. The highest BCUT2D eigenvalue weighted by atomic mass is 32.2. The molecule has 0 aromatic carbocycles. The largest absolute Gasteiger partial charge is 0.467 e. The number of ketones is 1. The SMILES string of the molecule is COC(=O)[C@H](CCSC)NC(=O)[C@@H]1CC(=O)c2sc(NC(=O)CC3CCCCC3)nc2C1. The van der Waals surface area contributed by atoms with Gasteiger partial charge in [-0.1, -0.05) is 30.6 Å². The summed E-state index contributed by atoms with van der Waals surface area (Å²) in [6.07, 6.45) is 8.99. The molecule has 8 nitrogen and oxygen atoms in total. The van der Waals surface area contributed by atoms with Crippen molar-refractivity contribution in [2.75, 3.05) is 24.4 Å². The number of rotatable bonds is 9. The number of nitrogens with zero attached hydrogens (tertiary/aromatic N) is 1. The second kappa shape index (κ2) is 11.8. The summed E-state index contributed by atoms with van der Waals surface area (Å²) in [5.41, 5.74) is 0.540. The number of hydrogen-bond donors (Lipinski definition) is 2. The molecule has 2 aliphatic rings. The molecular formula is C22H31N3O5S2. The summed E-state index contributed by atoms with van der Waals surface area (Å²) in [5, 5.41) is 5.99. The topological polar surface area (TPSA) is 114 Å². The van der Waals surface area contributed by atoms with Crippen LogP contribution in [-0.4, -0.2) is 53.7 Å². The number of carbonyl (C=O) groups is 4. The van der Waals surface area contributed by atoms with Crippen LogP contribution >= 0.6 is 23.1 Å². The Morgan fingerprint density at radius 1 is 1.22 bits per heavy atom. The van der Waals surface area contributed by atoms with Gasteiger partial charge >= 0.3 is 5.97 Å². The van der Waals surface area contributed by atoms with Gasteiger partial charge in [0.1, 0.15) is 6.04 Å². The van der Waals surface area contributed by atoms with Gasteiger partial charge in [0, 0.05) is 19.3 Å². The zero-order chi connectivity index (χ0) is 23.1. The summed E-state index contributed by atoms with van der Waals surface area (Å²) < 4.78 is 4.79. The van der Waals surface area contributed by atoms with Crippen LogP contribution in [-0.2, 0) is 25.5 Å². The van der Waals surface area contributed by atoms with Crippen molar-refractivity contribution < 1.29 is 23.9 Å². The first-order valence-electron chi connectivity index (χ1n) is 11.1. The van der Waals surface area contributed by atoms with Gasteiger partial charge in [-0.2, -0.15) is 11.8 Å². The van der Waals surface area contributed by atoms with Crippen molar-refractivity contribution >= 4 is 51.8 Å². The number of amides is 2. The van der Waals surface area contributed by atoms with E-state index in [2.05, 4.69) is 15.6 Å². The van der Waals surface area contributed by atoms with Crippen molar-refractivity contribution in [3.8, 4) is 0 Å². The van der Waals surface area contributed by atoms with E-state index in [0.717, 1.165) is 12.8 Å². The molecule has 32 heavy (non-hydrogen) atoms. The van der Waals surface area contributed by atoms with E-state index in [1.807, 2.05) is 6.26 Å². The van der Waals surface area contributed by atoms with Gasteiger partial charge in [0.15, 0.2) is 10.9 Å². The van der Waals surface area contributed by atoms with Crippen molar-refractivity contribution in [1.29, 1.82) is 0 Å². The average Bonchev–Trinajstić information content (AvgIpc) is 3.19. The second-order valence-electron chi connectivity index (χ2n) is 8.45. The van der Waals surface area contributed by atoms with Crippen molar-refractivity contribution in [2.24, 2.45) is 11.8 Å². The van der Waals surface area contributed by atoms with Crippen LogP contribution in [0.25, 0.3) is 0 Å². The lowest BCUT2D eigenvalue weighted by atomic mass is 9.87. The number of hydrogen-bond acceptors (Lipinski definition) is 8. The minimum Gasteiger partial charge on any atom is -0.467 e. The van der Waals surface area contributed by atoms with Crippen LogP contribution in [0.4, 0.5) is 5.13 Å². The highest BCUT2D eigenvalue weighted by Crippen LogP contribution is 2.33. The number of aromatic nitrogens is 1. The Morgan fingerprint density at radius 3 is 2.66 bits per heavy atom. The van der Waals surface area contributed by atoms with E-state index in [1.54, 1.807) is 11.8 Å². The number of fused-ring (bicyclic) bond motifs is 1. The van der Waals surface area contributed by atoms with Gasteiger partial charge in [-0.15, -0.1) is 0 Å². The first-order chi connectivity index (χ1) is 15.4. The van der Waals surface area contributed by atoms with Crippen LogP contribution in [0.15, 0.2) is 0 Å². The first-order valence-corrected chi connectivity index (χ1v) is 13.3. The van der Waals surface area contributed by atoms with Crippen LogP contribution in [0.3, 0.4) is 0 Å². The van der Waals surface area contributed by atoms with Gasteiger partial charge in [-0.3, -0.25) is 14.4 Å². The number of thioether (sulfide) groups is 1. The molecule has 176 valence electrons. The van der Waals surface area contributed by atoms with E-state index >= 15 is 0 Å². The Kier molecular flexibility index (Phi) is 9.10. The molecule has 0 radical (unpaired) electrons. The number of methoxy groups -OCH3 is 1. The second-order valence-corrected chi connectivity index (χ2v) is 10.4. The molecule has 0 bridgehead atoms. The normalized spacial score (nSPS) is 19.7. The van der Waals surface area contributed by atoms with Gasteiger partial charge in [-0.25, -0.2) is 9.78 Å². The Morgan fingerprint density at radius 2 is 1.97 bits per heavy atom. The molecule has 1 heterocycles. The Labute approximate surface area is 196 Å². The van der Waals surface area contributed by atoms with Gasteiger partial charge in [0.2, 0.25) is 11.8 Å². The molecule has 1 aromatic heterocycles. The van der Waals surface area contributed by atoms with Gasteiger partial charge in [0.25, 0.3) is 0 Å². The maximum atomic E-state index is 12.8. The summed E-state index contributed by atoms with van der Waals surface area (Å²) >= 11 is 2.75. The van der Waals surface area contributed by atoms with E-state index in [9.17, 15) is 19.2 Å². The smallest absolute Gasteiger partial charge is 0.328 e. The summed E-state index contributed by atoms with van der Waals surface area (Å²) in [6, 6.07) is -0.735. The van der Waals surface area contributed by atoms with Crippen molar-refractivity contribution in [3.05, 3.63) is 10.6 Å². The van der Waals surface area contributed by atoms with E-state index in [4.69, 9.17) is 4.74 Å². The monoisotopic (exact) mass is 481 g/mol. The number of Topliss-reactive ketones (excluding diaryl/α,β-unsaturated/α-hetero) is 1. The highest BCUT2D eigenvalue weighted by molar-refractivity contribution is 7.98. The molecule has 1 saturated carbocycles. The van der Waals surface area contributed by atoms with Crippen molar-refractivity contribution in [2.45, 2.75) is 63.8 Å². The van der Waals surface area contributed by atoms with E-state index in [0.29, 0.717) is 46.6 Å². The minimum absolute atomic E-state index is 0.0624. The standard InChI is InChI=1S/C22H31N3O5S2/c1-30-21(29)15(8-9-31-2)23-20(28)14-11-16-19(17(26)12-14)32-22(24-16)25-18(27)10-13-6-4-3-5-7-13/h13-15H,3-12H2,1-2H3,(H,23,28)(H,24,25,27)/t14-,15-/m0/s1. The van der Waals surface area contributed by atoms with Crippen LogP contribution < -0.4 is 10.6 Å². The molecule has 0 spiro atoms. The van der Waals surface area contributed by atoms with Crippen LogP contribution in [0, 0.1) is 11.8 Å². The quantitative estimate of drug-likeness (QED) is 0.521. The van der Waals surface area contributed by atoms with Crippen LogP contribution in [0.5, 0.6) is 0 Å². The summed E-state index contributed by atoms with van der Waals surface area (Å²) in [4.78, 5) is 54.8. The molecule has 2 atom stereocenters.